The van der Waals surface area contributed by atoms with E-state index in [1.807, 2.05) is 27.7 Å². The third-order valence-corrected chi connectivity index (χ3v) is 8.38. The van der Waals surface area contributed by atoms with Crippen molar-refractivity contribution in [1.82, 2.24) is 0 Å². The number of aldehydes is 1. The standard InChI is InChI=1S/C28H39ClO6/c1-15(2)12-24(32)35-23(13-28(7)17(4)9-11-22(31)19(28)6)16(3)8-10-20-26(33)21(14-30)18(5)25(29)27(20)34/h8,14-15,17,19,23,33-34H,9-13H2,1-7H3/b16-8+/t17-,19+,23-,28+/m0/s1. The van der Waals surface area contributed by atoms with E-state index in [1.165, 1.54) is 0 Å². The molecule has 194 valence electrons. The normalized spacial score (nSPS) is 23.9. The number of carbonyl (C=O) groups is 3. The average Bonchev–Trinajstić information content (AvgIpc) is 2.78. The van der Waals surface area contributed by atoms with Crippen LogP contribution in [0.1, 0.15) is 88.7 Å². The smallest absolute Gasteiger partial charge is 0.306 e. The Balaban J connectivity index is 2.43. The fraction of sp³-hybridized carbons (Fsp3) is 0.607. The van der Waals surface area contributed by atoms with Crippen LogP contribution >= 0.6 is 11.6 Å². The van der Waals surface area contributed by atoms with Gasteiger partial charge in [0, 0.05) is 24.3 Å². The number of allylic oxidation sites excluding steroid dienone is 1. The third kappa shape index (κ3) is 6.27. The second-order valence-corrected chi connectivity index (χ2v) is 11.1. The van der Waals surface area contributed by atoms with E-state index in [4.69, 9.17) is 16.3 Å². The Morgan fingerprint density at radius 1 is 1.26 bits per heavy atom. The number of ketones is 1. The van der Waals surface area contributed by atoms with E-state index in [0.29, 0.717) is 24.7 Å². The molecule has 1 fully saturated rings. The number of carbonyl (C=O) groups excluding carboxylic acids is 3. The number of aromatic hydroxyl groups is 2. The second kappa shape index (κ2) is 11.6. The lowest BCUT2D eigenvalue weighted by molar-refractivity contribution is -0.151. The number of phenols is 2. The molecule has 35 heavy (non-hydrogen) atoms. The largest absolute Gasteiger partial charge is 0.507 e. The summed E-state index contributed by atoms with van der Waals surface area (Å²) >= 11 is 6.18. The zero-order valence-electron chi connectivity index (χ0n) is 21.9. The molecule has 0 bridgehead atoms. The van der Waals surface area contributed by atoms with Crippen LogP contribution in [-0.4, -0.2) is 34.4 Å². The fourth-order valence-electron chi connectivity index (χ4n) is 4.93. The van der Waals surface area contributed by atoms with Crippen LogP contribution in [0.25, 0.3) is 0 Å². The highest BCUT2D eigenvalue weighted by Gasteiger charge is 2.45. The summed E-state index contributed by atoms with van der Waals surface area (Å²) in [5.74, 6) is -0.429. The number of rotatable bonds is 9. The molecule has 0 saturated heterocycles. The topological polar surface area (TPSA) is 101 Å². The van der Waals surface area contributed by atoms with E-state index in [2.05, 4.69) is 13.8 Å². The fourth-order valence-corrected chi connectivity index (χ4v) is 5.14. The van der Waals surface area contributed by atoms with Gasteiger partial charge in [-0.1, -0.05) is 52.3 Å². The van der Waals surface area contributed by atoms with E-state index in [0.717, 1.165) is 12.0 Å². The van der Waals surface area contributed by atoms with Crippen LogP contribution < -0.4 is 0 Å². The molecule has 1 aromatic carbocycles. The third-order valence-electron chi connectivity index (χ3n) is 7.92. The minimum absolute atomic E-state index is 0.0155. The number of phenolic OH excluding ortho intramolecular Hbond substituents is 2. The van der Waals surface area contributed by atoms with Crippen molar-refractivity contribution in [2.24, 2.45) is 23.2 Å². The second-order valence-electron chi connectivity index (χ2n) is 10.7. The van der Waals surface area contributed by atoms with E-state index in [1.54, 1.807) is 13.0 Å². The highest BCUT2D eigenvalue weighted by molar-refractivity contribution is 6.33. The van der Waals surface area contributed by atoms with Crippen LogP contribution in [0.4, 0.5) is 0 Å². The van der Waals surface area contributed by atoms with Crippen molar-refractivity contribution >= 4 is 29.6 Å². The summed E-state index contributed by atoms with van der Waals surface area (Å²) in [6.45, 7) is 13.5. The van der Waals surface area contributed by atoms with Gasteiger partial charge in [-0.2, -0.15) is 0 Å². The Hall–Kier alpha value is -2.34. The molecule has 2 rings (SSSR count). The van der Waals surface area contributed by atoms with Gasteiger partial charge in [-0.15, -0.1) is 0 Å². The number of ether oxygens (including phenoxy) is 1. The van der Waals surface area contributed by atoms with Crippen LogP contribution in [0.15, 0.2) is 11.6 Å². The Kier molecular flexibility index (Phi) is 9.57. The molecule has 0 spiro atoms. The van der Waals surface area contributed by atoms with Gasteiger partial charge in [0.25, 0.3) is 0 Å². The molecule has 4 atom stereocenters. The van der Waals surface area contributed by atoms with Gasteiger partial charge < -0.3 is 14.9 Å². The number of hydrogen-bond donors (Lipinski definition) is 2. The van der Waals surface area contributed by atoms with Crippen molar-refractivity contribution in [1.29, 1.82) is 0 Å². The molecular formula is C28H39ClO6. The lowest BCUT2D eigenvalue weighted by Gasteiger charge is -2.45. The summed E-state index contributed by atoms with van der Waals surface area (Å²) in [6, 6.07) is 0. The molecule has 0 radical (unpaired) electrons. The van der Waals surface area contributed by atoms with Gasteiger partial charge in [-0.3, -0.25) is 14.4 Å². The average molecular weight is 507 g/mol. The zero-order chi connectivity index (χ0) is 26.7. The molecule has 1 aliphatic rings. The summed E-state index contributed by atoms with van der Waals surface area (Å²) < 4.78 is 5.93. The van der Waals surface area contributed by atoms with Crippen LogP contribution in [0.5, 0.6) is 11.5 Å². The van der Waals surface area contributed by atoms with Crippen LogP contribution in [0, 0.1) is 30.1 Å². The lowest BCUT2D eigenvalue weighted by Crippen LogP contribution is -2.44. The van der Waals surface area contributed by atoms with Gasteiger partial charge in [0.1, 0.15) is 23.4 Å². The van der Waals surface area contributed by atoms with E-state index >= 15 is 0 Å². The van der Waals surface area contributed by atoms with Crippen molar-refractivity contribution in [3.8, 4) is 11.5 Å². The Morgan fingerprint density at radius 2 is 1.89 bits per heavy atom. The van der Waals surface area contributed by atoms with Gasteiger partial charge in [-0.05, 0) is 61.5 Å². The van der Waals surface area contributed by atoms with Gasteiger partial charge in [-0.25, -0.2) is 0 Å². The molecule has 0 unspecified atom stereocenters. The predicted octanol–water partition coefficient (Wildman–Crippen LogP) is 6.35. The maximum atomic E-state index is 12.6. The first-order valence-corrected chi connectivity index (χ1v) is 12.7. The van der Waals surface area contributed by atoms with E-state index < -0.39 is 6.10 Å². The van der Waals surface area contributed by atoms with Gasteiger partial charge in [0.05, 0.1) is 10.6 Å². The van der Waals surface area contributed by atoms with Crippen LogP contribution in [0.2, 0.25) is 5.02 Å². The Bertz CT molecular complexity index is 1010. The summed E-state index contributed by atoms with van der Waals surface area (Å²) in [5, 5.41) is 21.1. The number of benzene rings is 1. The highest BCUT2D eigenvalue weighted by Crippen LogP contribution is 2.48. The molecule has 0 aliphatic heterocycles. The minimum Gasteiger partial charge on any atom is -0.507 e. The van der Waals surface area contributed by atoms with E-state index in [-0.39, 0.29) is 75.4 Å². The number of Topliss-reactive ketones (excluding diaryl/α,β-unsaturated/α-hetero) is 1. The number of esters is 1. The quantitative estimate of drug-likeness (QED) is 0.230. The van der Waals surface area contributed by atoms with Gasteiger partial charge in [0.2, 0.25) is 0 Å². The van der Waals surface area contributed by atoms with Crippen molar-refractivity contribution in [2.75, 3.05) is 0 Å². The molecule has 7 heteroatoms. The molecule has 6 nitrogen and oxygen atoms in total. The number of halogens is 1. The summed E-state index contributed by atoms with van der Waals surface area (Å²) in [4.78, 5) is 36.7. The molecular weight excluding hydrogens is 468 g/mol. The van der Waals surface area contributed by atoms with Crippen molar-refractivity contribution in [3.05, 3.63) is 33.4 Å². The monoisotopic (exact) mass is 506 g/mol. The van der Waals surface area contributed by atoms with Crippen molar-refractivity contribution in [2.45, 2.75) is 86.7 Å². The highest BCUT2D eigenvalue weighted by atomic mass is 35.5. The maximum absolute atomic E-state index is 12.6. The zero-order valence-corrected chi connectivity index (χ0v) is 22.7. The first kappa shape index (κ1) is 28.9. The number of hydrogen-bond acceptors (Lipinski definition) is 6. The van der Waals surface area contributed by atoms with Crippen LogP contribution in [-0.2, 0) is 20.7 Å². The first-order valence-electron chi connectivity index (χ1n) is 12.3. The predicted molar refractivity (Wildman–Crippen MR) is 137 cm³/mol. The minimum atomic E-state index is -0.571. The van der Waals surface area contributed by atoms with E-state index in [9.17, 15) is 24.6 Å². The molecule has 1 aromatic rings. The summed E-state index contributed by atoms with van der Waals surface area (Å²) in [5.41, 5.74) is 0.859. The SMILES string of the molecule is C/C(=C\Cc1c(O)c(Cl)c(C)c(C=O)c1O)[C@H](C[C@@]1(C)[C@H](C)C(=O)CC[C@@H]1C)OC(=O)CC(C)C. The Morgan fingerprint density at radius 3 is 2.46 bits per heavy atom. The van der Waals surface area contributed by atoms with Crippen molar-refractivity contribution < 1.29 is 29.3 Å². The van der Waals surface area contributed by atoms with Gasteiger partial charge in [0.15, 0.2) is 6.29 Å². The van der Waals surface area contributed by atoms with Crippen LogP contribution in [0.3, 0.4) is 0 Å². The molecule has 1 aliphatic carbocycles. The van der Waals surface area contributed by atoms with Gasteiger partial charge >= 0.3 is 5.97 Å². The molecule has 0 amide bonds. The molecule has 2 N–H and O–H groups in total. The van der Waals surface area contributed by atoms with Crippen molar-refractivity contribution in [3.63, 3.8) is 0 Å². The molecule has 0 aromatic heterocycles. The first-order chi connectivity index (χ1) is 16.2. The summed E-state index contributed by atoms with van der Waals surface area (Å²) in [7, 11) is 0. The molecule has 1 saturated carbocycles. The molecule has 0 heterocycles. The lowest BCUT2D eigenvalue weighted by atomic mass is 9.59. The summed E-state index contributed by atoms with van der Waals surface area (Å²) in [6.07, 6.45) is 3.93. The maximum Gasteiger partial charge on any atom is 0.306 e. The Labute approximate surface area is 213 Å².